The third kappa shape index (κ3) is 2.63. The smallest absolute Gasteiger partial charge is 0.123 e. The van der Waals surface area contributed by atoms with Crippen LogP contribution < -0.4 is 4.74 Å². The Bertz CT molecular complexity index is 599. The summed E-state index contributed by atoms with van der Waals surface area (Å²) >= 11 is 5.55. The van der Waals surface area contributed by atoms with Gasteiger partial charge in [0.05, 0.1) is 11.9 Å². The highest BCUT2D eigenvalue weighted by Crippen LogP contribution is 2.42. The van der Waals surface area contributed by atoms with E-state index in [1.807, 2.05) is 11.3 Å². The fourth-order valence-electron chi connectivity index (χ4n) is 2.70. The minimum absolute atomic E-state index is 0.0104. The molecule has 0 radical (unpaired) electrons. The van der Waals surface area contributed by atoms with E-state index >= 15 is 0 Å². The van der Waals surface area contributed by atoms with Gasteiger partial charge >= 0.3 is 0 Å². The number of hydrogen-bond acceptors (Lipinski definition) is 2. The van der Waals surface area contributed by atoms with E-state index in [9.17, 15) is 4.39 Å². The third-order valence-electron chi connectivity index (χ3n) is 3.73. The Morgan fingerprint density at radius 2 is 2.05 bits per heavy atom. The number of ether oxygens (including phenoxy) is 1. The standard InChI is InChI=1S/C16H16BrFOS/c1-19-13-7-6-11(18)9-12(13)16(17)15-8-10-4-2-3-5-14(10)20-15/h6-9,16H,2-5H2,1H3. The van der Waals surface area contributed by atoms with Gasteiger partial charge in [-0.2, -0.15) is 0 Å². The van der Waals surface area contributed by atoms with Crippen LogP contribution in [0.5, 0.6) is 5.75 Å². The monoisotopic (exact) mass is 354 g/mol. The molecule has 20 heavy (non-hydrogen) atoms. The Kier molecular flexibility index (Phi) is 4.13. The Hall–Kier alpha value is -0.870. The number of benzene rings is 1. The summed E-state index contributed by atoms with van der Waals surface area (Å²) in [5, 5.41) is 0. The zero-order valence-electron chi connectivity index (χ0n) is 11.3. The molecule has 0 saturated heterocycles. The summed E-state index contributed by atoms with van der Waals surface area (Å²) < 4.78 is 18.9. The average Bonchev–Trinajstić information content (AvgIpc) is 2.90. The molecule has 1 aromatic carbocycles. The van der Waals surface area contributed by atoms with Gasteiger partial charge in [0.15, 0.2) is 0 Å². The minimum Gasteiger partial charge on any atom is -0.496 e. The lowest BCUT2D eigenvalue weighted by molar-refractivity contribution is 0.409. The average molecular weight is 355 g/mol. The molecule has 0 N–H and O–H groups in total. The van der Waals surface area contributed by atoms with E-state index in [4.69, 9.17) is 4.74 Å². The van der Waals surface area contributed by atoms with E-state index in [0.717, 1.165) is 11.3 Å². The fourth-order valence-corrected chi connectivity index (χ4v) is 4.72. The minimum atomic E-state index is -0.230. The first-order valence-electron chi connectivity index (χ1n) is 6.78. The Balaban J connectivity index is 1.97. The number of rotatable bonds is 3. The Morgan fingerprint density at radius 3 is 2.80 bits per heavy atom. The summed E-state index contributed by atoms with van der Waals surface area (Å²) in [5.74, 6) is 0.492. The van der Waals surface area contributed by atoms with Crippen LogP contribution in [0.15, 0.2) is 24.3 Å². The number of methoxy groups -OCH3 is 1. The summed E-state index contributed by atoms with van der Waals surface area (Å²) in [6, 6.07) is 6.94. The lowest BCUT2D eigenvalue weighted by Crippen LogP contribution is -1.97. The van der Waals surface area contributed by atoms with Gasteiger partial charge in [-0.25, -0.2) is 4.39 Å². The number of fused-ring (bicyclic) bond motifs is 1. The van der Waals surface area contributed by atoms with Gasteiger partial charge in [-0.15, -0.1) is 11.3 Å². The normalized spacial score (nSPS) is 15.8. The van der Waals surface area contributed by atoms with E-state index in [1.165, 1.54) is 47.1 Å². The first-order chi connectivity index (χ1) is 9.69. The van der Waals surface area contributed by atoms with Crippen LogP contribution in [0, 0.1) is 5.82 Å². The van der Waals surface area contributed by atoms with Crippen LogP contribution in [0.3, 0.4) is 0 Å². The summed E-state index contributed by atoms with van der Waals surface area (Å²) in [6.45, 7) is 0. The van der Waals surface area contributed by atoms with Gasteiger partial charge in [-0.3, -0.25) is 0 Å². The van der Waals surface area contributed by atoms with Crippen molar-refractivity contribution in [1.29, 1.82) is 0 Å². The molecule has 1 aliphatic carbocycles. The Morgan fingerprint density at radius 1 is 1.25 bits per heavy atom. The van der Waals surface area contributed by atoms with E-state index in [2.05, 4.69) is 22.0 Å². The van der Waals surface area contributed by atoms with Crippen molar-refractivity contribution in [3.05, 3.63) is 51.0 Å². The van der Waals surface area contributed by atoms with Gasteiger partial charge in [0.1, 0.15) is 11.6 Å². The molecule has 1 atom stereocenters. The second-order valence-corrected chi connectivity index (χ2v) is 7.14. The van der Waals surface area contributed by atoms with Crippen LogP contribution in [-0.4, -0.2) is 7.11 Å². The predicted octanol–water partition coefficient (Wildman–Crippen LogP) is 5.26. The van der Waals surface area contributed by atoms with Gasteiger partial charge < -0.3 is 4.74 Å². The van der Waals surface area contributed by atoms with Gasteiger partial charge in [-0.1, -0.05) is 15.9 Å². The van der Waals surface area contributed by atoms with Gasteiger partial charge in [0.2, 0.25) is 0 Å². The first kappa shape index (κ1) is 14.1. The van der Waals surface area contributed by atoms with E-state index in [0.29, 0.717) is 0 Å². The van der Waals surface area contributed by atoms with Crippen LogP contribution in [0.2, 0.25) is 0 Å². The van der Waals surface area contributed by atoms with Crippen molar-refractivity contribution >= 4 is 27.3 Å². The van der Waals surface area contributed by atoms with E-state index in [-0.39, 0.29) is 10.6 Å². The first-order valence-corrected chi connectivity index (χ1v) is 8.51. The number of hydrogen-bond donors (Lipinski definition) is 0. The van der Waals surface area contributed by atoms with Crippen LogP contribution in [-0.2, 0) is 12.8 Å². The maximum absolute atomic E-state index is 13.5. The van der Waals surface area contributed by atoms with Gasteiger partial charge in [0, 0.05) is 15.3 Å². The number of halogens is 2. The Labute approximate surface area is 130 Å². The zero-order valence-corrected chi connectivity index (χ0v) is 13.7. The molecule has 1 nitrogen and oxygen atoms in total. The fraction of sp³-hybridized carbons (Fsp3) is 0.375. The highest BCUT2D eigenvalue weighted by molar-refractivity contribution is 9.09. The molecule has 106 valence electrons. The molecular formula is C16H16BrFOS. The van der Waals surface area contributed by atoms with Crippen molar-refractivity contribution in [1.82, 2.24) is 0 Å². The molecule has 0 aliphatic heterocycles. The maximum atomic E-state index is 13.5. The second-order valence-electron chi connectivity index (χ2n) is 5.05. The molecule has 0 bridgehead atoms. The lowest BCUT2D eigenvalue weighted by atomic mass is 9.98. The molecule has 2 aromatic rings. The molecule has 0 saturated carbocycles. The molecule has 1 heterocycles. The van der Waals surface area contributed by atoms with Crippen LogP contribution >= 0.6 is 27.3 Å². The molecule has 0 amide bonds. The van der Waals surface area contributed by atoms with Crippen molar-refractivity contribution < 1.29 is 9.13 Å². The summed E-state index contributed by atoms with van der Waals surface area (Å²) in [6.07, 6.45) is 4.91. The molecule has 1 aromatic heterocycles. The molecular weight excluding hydrogens is 339 g/mol. The molecule has 0 spiro atoms. The van der Waals surface area contributed by atoms with Crippen molar-refractivity contribution in [2.45, 2.75) is 30.5 Å². The number of alkyl halides is 1. The van der Waals surface area contributed by atoms with Crippen molar-refractivity contribution in [2.24, 2.45) is 0 Å². The van der Waals surface area contributed by atoms with Crippen LogP contribution in [0.4, 0.5) is 4.39 Å². The van der Waals surface area contributed by atoms with Gasteiger partial charge in [-0.05, 0) is 55.5 Å². The number of thiophene rings is 1. The lowest BCUT2D eigenvalue weighted by Gasteiger charge is -2.13. The predicted molar refractivity (Wildman–Crippen MR) is 84.7 cm³/mol. The molecule has 3 rings (SSSR count). The summed E-state index contributed by atoms with van der Waals surface area (Å²) in [7, 11) is 1.62. The van der Waals surface area contributed by atoms with E-state index < -0.39 is 0 Å². The highest BCUT2D eigenvalue weighted by atomic mass is 79.9. The zero-order chi connectivity index (χ0) is 14.1. The topological polar surface area (TPSA) is 9.23 Å². The molecule has 1 unspecified atom stereocenters. The maximum Gasteiger partial charge on any atom is 0.123 e. The molecule has 4 heteroatoms. The van der Waals surface area contributed by atoms with E-state index in [1.54, 1.807) is 19.2 Å². The number of aryl methyl sites for hydroxylation is 2. The third-order valence-corrected chi connectivity index (χ3v) is 6.32. The van der Waals surface area contributed by atoms with Crippen LogP contribution in [0.1, 0.15) is 38.6 Å². The van der Waals surface area contributed by atoms with Crippen molar-refractivity contribution in [3.8, 4) is 5.75 Å². The van der Waals surface area contributed by atoms with Crippen LogP contribution in [0.25, 0.3) is 0 Å². The SMILES string of the molecule is COc1ccc(F)cc1C(Br)c1cc2c(s1)CCCC2. The molecule has 0 fully saturated rings. The highest BCUT2D eigenvalue weighted by Gasteiger charge is 2.21. The quantitative estimate of drug-likeness (QED) is 0.683. The molecule has 1 aliphatic rings. The largest absolute Gasteiger partial charge is 0.496 e. The van der Waals surface area contributed by atoms with Crippen molar-refractivity contribution in [3.63, 3.8) is 0 Å². The summed E-state index contributed by atoms with van der Waals surface area (Å²) in [5.41, 5.74) is 2.32. The summed E-state index contributed by atoms with van der Waals surface area (Å²) in [4.78, 5) is 2.72. The van der Waals surface area contributed by atoms with Gasteiger partial charge in [0.25, 0.3) is 0 Å². The second kappa shape index (κ2) is 5.86. The van der Waals surface area contributed by atoms with Crippen molar-refractivity contribution in [2.75, 3.05) is 7.11 Å².